The van der Waals surface area contributed by atoms with Gasteiger partial charge in [0, 0.05) is 25.8 Å². The Morgan fingerprint density at radius 1 is 1.29 bits per heavy atom. The van der Waals surface area contributed by atoms with Crippen LogP contribution in [0.1, 0.15) is 21.5 Å². The second-order valence-electron chi connectivity index (χ2n) is 4.48. The van der Waals surface area contributed by atoms with Gasteiger partial charge in [-0.2, -0.15) is 0 Å². The number of anilines is 1. The van der Waals surface area contributed by atoms with Crippen molar-refractivity contribution >= 4 is 50.8 Å². The number of carbonyl (C=O) groups is 1. The Balaban J connectivity index is 2.17. The highest BCUT2D eigenvalue weighted by molar-refractivity contribution is 9.10. The largest absolute Gasteiger partial charge is 0.457 e. The minimum absolute atomic E-state index is 0.0457. The Morgan fingerprint density at radius 2 is 2.00 bits per heavy atom. The predicted molar refractivity (Wildman–Crippen MR) is 88.9 cm³/mol. The Bertz CT molecular complexity index is 704. The van der Waals surface area contributed by atoms with Crippen LogP contribution < -0.4 is 5.73 Å². The average Bonchev–Trinajstić information content (AvgIpc) is 2.43. The fraction of sp³-hybridized carbons (Fsp3) is 0.133. The maximum atomic E-state index is 12.2. The lowest BCUT2D eigenvalue weighted by Gasteiger charge is -2.11. The van der Waals surface area contributed by atoms with Crippen LogP contribution in [0.4, 0.5) is 5.69 Å². The Kier molecular flexibility index (Phi) is 5.14. The van der Waals surface area contributed by atoms with Crippen molar-refractivity contribution in [2.24, 2.45) is 0 Å². The van der Waals surface area contributed by atoms with Crippen molar-refractivity contribution in [3.63, 3.8) is 0 Å². The average molecular weight is 389 g/mol. The van der Waals surface area contributed by atoms with E-state index in [-0.39, 0.29) is 6.61 Å². The smallest absolute Gasteiger partial charge is 0.338 e. The number of hydrogen-bond donors (Lipinski definition) is 1. The first kappa shape index (κ1) is 16.1. The van der Waals surface area contributed by atoms with E-state index in [9.17, 15) is 4.79 Å². The van der Waals surface area contributed by atoms with E-state index in [2.05, 4.69) is 15.9 Å². The lowest BCUT2D eigenvalue weighted by Crippen LogP contribution is -2.09. The molecule has 110 valence electrons. The fourth-order valence-electron chi connectivity index (χ4n) is 1.79. The number of rotatable bonds is 3. The summed E-state index contributed by atoms with van der Waals surface area (Å²) in [6, 6.07) is 8.41. The fourth-order valence-corrected chi connectivity index (χ4v) is 2.63. The monoisotopic (exact) mass is 387 g/mol. The first-order valence-corrected chi connectivity index (χ1v) is 7.60. The molecule has 0 heterocycles. The molecule has 0 atom stereocenters. The second-order valence-corrected chi connectivity index (χ2v) is 6.24. The number of nitrogens with two attached hydrogens (primary N) is 1. The molecule has 3 nitrogen and oxygen atoms in total. The summed E-state index contributed by atoms with van der Waals surface area (Å²) in [6.07, 6.45) is 0. The zero-order valence-electron chi connectivity index (χ0n) is 11.1. The Labute approximate surface area is 141 Å². The highest BCUT2D eigenvalue weighted by Crippen LogP contribution is 2.25. The second kappa shape index (κ2) is 6.69. The highest BCUT2D eigenvalue weighted by atomic mass is 79.9. The number of halogens is 3. The summed E-state index contributed by atoms with van der Waals surface area (Å²) in [7, 11) is 0. The number of benzene rings is 2. The topological polar surface area (TPSA) is 52.3 Å². The zero-order valence-corrected chi connectivity index (χ0v) is 14.2. The van der Waals surface area contributed by atoms with Gasteiger partial charge in [-0.3, -0.25) is 0 Å². The molecule has 0 aliphatic rings. The summed E-state index contributed by atoms with van der Waals surface area (Å²) in [5, 5.41) is 1.03. The summed E-state index contributed by atoms with van der Waals surface area (Å²) in [5.74, 6) is -0.462. The van der Waals surface area contributed by atoms with Crippen LogP contribution in [0.2, 0.25) is 10.0 Å². The SMILES string of the molecule is Cc1c(N)cc(Br)cc1C(=O)OCc1cc(Cl)ccc1Cl. The van der Waals surface area contributed by atoms with Crippen molar-refractivity contribution < 1.29 is 9.53 Å². The van der Waals surface area contributed by atoms with Crippen LogP contribution in [0.3, 0.4) is 0 Å². The molecule has 0 spiro atoms. The third-order valence-electron chi connectivity index (χ3n) is 3.00. The quantitative estimate of drug-likeness (QED) is 0.594. The minimum Gasteiger partial charge on any atom is -0.457 e. The predicted octanol–water partition coefficient (Wildman–Crippen LogP) is 5.00. The molecule has 6 heteroatoms. The summed E-state index contributed by atoms with van der Waals surface area (Å²) < 4.78 is 6.00. The van der Waals surface area contributed by atoms with Gasteiger partial charge in [-0.25, -0.2) is 4.79 Å². The van der Waals surface area contributed by atoms with Crippen molar-refractivity contribution in [1.82, 2.24) is 0 Å². The summed E-state index contributed by atoms with van der Waals surface area (Å²) >= 11 is 15.2. The number of ether oxygens (including phenoxy) is 1. The lowest BCUT2D eigenvalue weighted by atomic mass is 10.1. The molecule has 0 unspecified atom stereocenters. The molecular weight excluding hydrogens is 377 g/mol. The van der Waals surface area contributed by atoms with Gasteiger partial charge in [-0.15, -0.1) is 0 Å². The maximum Gasteiger partial charge on any atom is 0.338 e. The summed E-state index contributed by atoms with van der Waals surface area (Å²) in [4.78, 5) is 12.2. The van der Waals surface area contributed by atoms with Crippen LogP contribution in [-0.4, -0.2) is 5.97 Å². The number of carbonyl (C=O) groups excluding carboxylic acids is 1. The van der Waals surface area contributed by atoms with Crippen LogP contribution in [0.5, 0.6) is 0 Å². The van der Waals surface area contributed by atoms with Crippen molar-refractivity contribution in [2.75, 3.05) is 5.73 Å². The lowest BCUT2D eigenvalue weighted by molar-refractivity contribution is 0.0472. The van der Waals surface area contributed by atoms with E-state index < -0.39 is 5.97 Å². The van der Waals surface area contributed by atoms with Crippen molar-refractivity contribution in [3.8, 4) is 0 Å². The van der Waals surface area contributed by atoms with Gasteiger partial charge in [0.2, 0.25) is 0 Å². The molecule has 0 bridgehead atoms. The van der Waals surface area contributed by atoms with E-state index in [1.807, 2.05) is 0 Å². The first-order chi connectivity index (χ1) is 9.88. The van der Waals surface area contributed by atoms with E-state index in [1.54, 1.807) is 37.3 Å². The van der Waals surface area contributed by atoms with Crippen LogP contribution >= 0.6 is 39.1 Å². The Morgan fingerprint density at radius 3 is 2.71 bits per heavy atom. The molecule has 0 aliphatic heterocycles. The molecule has 2 rings (SSSR count). The number of esters is 1. The van der Waals surface area contributed by atoms with Crippen molar-refractivity contribution in [2.45, 2.75) is 13.5 Å². The van der Waals surface area contributed by atoms with Gasteiger partial charge < -0.3 is 10.5 Å². The minimum atomic E-state index is -0.462. The van der Waals surface area contributed by atoms with E-state index in [0.29, 0.717) is 32.4 Å². The van der Waals surface area contributed by atoms with E-state index in [4.69, 9.17) is 33.7 Å². The molecular formula is C15H12BrCl2NO2. The van der Waals surface area contributed by atoms with Gasteiger partial charge >= 0.3 is 5.97 Å². The van der Waals surface area contributed by atoms with Gasteiger partial charge in [-0.05, 0) is 42.8 Å². The normalized spacial score (nSPS) is 10.5. The summed E-state index contributed by atoms with van der Waals surface area (Å²) in [6.45, 7) is 1.81. The van der Waals surface area contributed by atoms with Crippen molar-refractivity contribution in [3.05, 3.63) is 61.5 Å². The van der Waals surface area contributed by atoms with E-state index in [1.165, 1.54) is 0 Å². The molecule has 0 amide bonds. The molecule has 2 aromatic rings. The zero-order chi connectivity index (χ0) is 15.6. The first-order valence-electron chi connectivity index (χ1n) is 6.05. The molecule has 21 heavy (non-hydrogen) atoms. The summed E-state index contributed by atoms with van der Waals surface area (Å²) in [5.41, 5.74) is 8.11. The number of hydrogen-bond acceptors (Lipinski definition) is 3. The molecule has 0 radical (unpaired) electrons. The maximum absolute atomic E-state index is 12.2. The third kappa shape index (κ3) is 3.90. The molecule has 2 N–H and O–H groups in total. The van der Waals surface area contributed by atoms with Gasteiger partial charge in [0.25, 0.3) is 0 Å². The van der Waals surface area contributed by atoms with Crippen molar-refractivity contribution in [1.29, 1.82) is 0 Å². The van der Waals surface area contributed by atoms with Crippen LogP contribution in [0, 0.1) is 6.92 Å². The highest BCUT2D eigenvalue weighted by Gasteiger charge is 2.14. The third-order valence-corrected chi connectivity index (χ3v) is 4.06. The standard InChI is InChI=1S/C15H12BrCl2NO2/c1-8-12(5-10(16)6-14(8)19)15(20)21-7-9-4-11(17)2-3-13(9)18/h2-6H,7,19H2,1H3. The molecule has 0 saturated heterocycles. The van der Waals surface area contributed by atoms with Gasteiger partial charge in [0.05, 0.1) is 5.56 Å². The molecule has 2 aromatic carbocycles. The van der Waals surface area contributed by atoms with Crippen LogP contribution in [-0.2, 0) is 11.3 Å². The molecule has 0 fully saturated rings. The van der Waals surface area contributed by atoms with Crippen LogP contribution in [0.15, 0.2) is 34.8 Å². The molecule has 0 aromatic heterocycles. The number of nitrogen functional groups attached to an aromatic ring is 1. The van der Waals surface area contributed by atoms with E-state index in [0.717, 1.165) is 4.47 Å². The molecule has 0 saturated carbocycles. The van der Waals surface area contributed by atoms with Gasteiger partial charge in [0.15, 0.2) is 0 Å². The van der Waals surface area contributed by atoms with Gasteiger partial charge in [-0.1, -0.05) is 39.1 Å². The van der Waals surface area contributed by atoms with Gasteiger partial charge in [0.1, 0.15) is 6.61 Å². The van der Waals surface area contributed by atoms with Crippen LogP contribution in [0.25, 0.3) is 0 Å². The molecule has 0 aliphatic carbocycles. The Hall–Kier alpha value is -1.23. The van der Waals surface area contributed by atoms with E-state index >= 15 is 0 Å².